The molecule has 2 unspecified atom stereocenters. The van der Waals surface area contributed by atoms with Gasteiger partial charge in [0.2, 0.25) is 5.88 Å². The summed E-state index contributed by atoms with van der Waals surface area (Å²) in [4.78, 5) is 23.3. The van der Waals surface area contributed by atoms with Crippen LogP contribution in [0.1, 0.15) is 46.5 Å². The quantitative estimate of drug-likeness (QED) is 0.650. The molecule has 3 aliphatic rings. The van der Waals surface area contributed by atoms with Gasteiger partial charge in [-0.25, -0.2) is 9.78 Å². The summed E-state index contributed by atoms with van der Waals surface area (Å²) in [7, 11) is 0. The van der Waals surface area contributed by atoms with Gasteiger partial charge in [0.1, 0.15) is 11.7 Å². The van der Waals surface area contributed by atoms with Crippen LogP contribution in [0.4, 0.5) is 22.0 Å². The van der Waals surface area contributed by atoms with Crippen LogP contribution >= 0.6 is 11.6 Å². The number of nitrogens with two attached hydrogens (primary N) is 1. The van der Waals surface area contributed by atoms with Gasteiger partial charge in [0, 0.05) is 75.1 Å². The molecule has 3 saturated heterocycles. The molecule has 3 fully saturated rings. The normalized spacial score (nSPS) is 22.6. The number of likely N-dealkylation sites (tertiary alicyclic amines) is 1. The number of carbonyl (C=O) groups excluding carboxylic acids is 1. The molecule has 36 heavy (non-hydrogen) atoms. The predicted octanol–water partition coefficient (Wildman–Crippen LogP) is 3.74. The largest absolute Gasteiger partial charge is 0.474 e. The lowest BCUT2D eigenvalue weighted by molar-refractivity contribution is 0.0123. The Morgan fingerprint density at radius 3 is 2.44 bits per heavy atom. The molecule has 5 rings (SSSR count). The summed E-state index contributed by atoms with van der Waals surface area (Å²) in [5.41, 5.74) is 7.58. The highest BCUT2D eigenvalue weighted by molar-refractivity contribution is 6.29. The van der Waals surface area contributed by atoms with Crippen molar-refractivity contribution in [2.75, 3.05) is 41.7 Å². The molecule has 2 N–H and O–H groups in total. The molecule has 2 aromatic rings. The lowest BCUT2D eigenvalue weighted by atomic mass is 10.1. The Morgan fingerprint density at radius 1 is 1.08 bits per heavy atom. The minimum Gasteiger partial charge on any atom is -0.474 e. The zero-order valence-corrected chi connectivity index (χ0v) is 21.8. The van der Waals surface area contributed by atoms with E-state index in [1.807, 2.05) is 33.0 Å². The van der Waals surface area contributed by atoms with Gasteiger partial charge in [-0.05, 0) is 39.7 Å². The van der Waals surface area contributed by atoms with Crippen LogP contribution in [-0.2, 0) is 4.74 Å². The molecule has 0 spiro atoms. The Bertz CT molecular complexity index is 1090. The molecule has 5 heterocycles. The van der Waals surface area contributed by atoms with Crippen LogP contribution in [0.25, 0.3) is 0 Å². The number of amides is 1. The third-order valence-electron chi connectivity index (χ3n) is 6.99. The summed E-state index contributed by atoms with van der Waals surface area (Å²) in [6, 6.07) is 6.59. The summed E-state index contributed by atoms with van der Waals surface area (Å²) < 4.78 is 11.7. The van der Waals surface area contributed by atoms with Crippen molar-refractivity contribution in [2.24, 2.45) is 0 Å². The molecule has 0 saturated carbocycles. The van der Waals surface area contributed by atoms with Gasteiger partial charge in [0.15, 0.2) is 11.0 Å². The second-order valence-corrected chi connectivity index (χ2v) is 11.2. The fourth-order valence-corrected chi connectivity index (χ4v) is 5.56. The zero-order chi connectivity index (χ0) is 25.4. The van der Waals surface area contributed by atoms with Crippen LogP contribution in [0.5, 0.6) is 5.88 Å². The molecule has 194 valence electrons. The van der Waals surface area contributed by atoms with Crippen LogP contribution in [0, 0.1) is 0 Å². The number of nitrogens with zero attached hydrogens (tertiary/aromatic N) is 6. The Balaban J connectivity index is 1.21. The molecule has 0 radical (unpaired) electrons. The molecule has 2 atom stereocenters. The van der Waals surface area contributed by atoms with Crippen molar-refractivity contribution in [2.45, 2.75) is 70.2 Å². The fourth-order valence-electron chi connectivity index (χ4n) is 5.42. The highest BCUT2D eigenvalue weighted by Gasteiger charge is 2.41. The number of piperazine rings is 1. The summed E-state index contributed by atoms with van der Waals surface area (Å²) in [6.45, 7) is 8.55. The Kier molecular flexibility index (Phi) is 6.72. The molecule has 0 aromatic carbocycles. The average Bonchev–Trinajstić information content (AvgIpc) is 3.09. The predicted molar refractivity (Wildman–Crippen MR) is 139 cm³/mol. The second-order valence-electron chi connectivity index (χ2n) is 10.8. The van der Waals surface area contributed by atoms with Crippen molar-refractivity contribution in [3.8, 4) is 5.88 Å². The monoisotopic (exact) mass is 515 g/mol. The number of fused-ring (bicyclic) bond motifs is 2. The Labute approximate surface area is 216 Å². The molecule has 11 heteroatoms. The van der Waals surface area contributed by atoms with Crippen molar-refractivity contribution in [1.29, 1.82) is 0 Å². The summed E-state index contributed by atoms with van der Waals surface area (Å²) in [5.74, 6) is 1.03. The molecule has 2 bridgehead atoms. The number of nitrogen functional groups attached to an aromatic ring is 1. The topological polar surface area (TPSA) is 110 Å². The highest BCUT2D eigenvalue weighted by atomic mass is 35.5. The van der Waals surface area contributed by atoms with Crippen molar-refractivity contribution < 1.29 is 14.3 Å². The molecule has 1 amide bonds. The first-order chi connectivity index (χ1) is 17.2. The molecule has 3 aliphatic heterocycles. The van der Waals surface area contributed by atoms with Crippen LogP contribution in [-0.4, -0.2) is 76.1 Å². The van der Waals surface area contributed by atoms with Crippen molar-refractivity contribution in [1.82, 2.24) is 20.1 Å². The Morgan fingerprint density at radius 2 is 1.78 bits per heavy atom. The van der Waals surface area contributed by atoms with Crippen LogP contribution in [0.15, 0.2) is 24.4 Å². The van der Waals surface area contributed by atoms with Gasteiger partial charge in [-0.3, -0.25) is 0 Å². The van der Waals surface area contributed by atoms with Gasteiger partial charge in [-0.2, -0.15) is 0 Å². The van der Waals surface area contributed by atoms with E-state index >= 15 is 0 Å². The number of pyridine rings is 1. The Hall–Kier alpha value is -3.01. The summed E-state index contributed by atoms with van der Waals surface area (Å²) in [5, 5.41) is 8.18. The van der Waals surface area contributed by atoms with Crippen LogP contribution in [0.2, 0.25) is 5.15 Å². The van der Waals surface area contributed by atoms with Gasteiger partial charge in [-0.15, -0.1) is 10.2 Å². The molecular weight excluding hydrogens is 482 g/mol. The first-order valence-electron chi connectivity index (χ1n) is 12.6. The lowest BCUT2D eigenvalue weighted by Crippen LogP contribution is -2.54. The van der Waals surface area contributed by atoms with E-state index in [9.17, 15) is 4.79 Å². The number of hydrogen-bond donors (Lipinski definition) is 1. The van der Waals surface area contributed by atoms with Gasteiger partial charge < -0.3 is 29.9 Å². The van der Waals surface area contributed by atoms with E-state index in [0.29, 0.717) is 42.0 Å². The molecule has 2 aromatic heterocycles. The van der Waals surface area contributed by atoms with E-state index in [1.165, 1.54) is 0 Å². The number of aromatic nitrogens is 3. The van der Waals surface area contributed by atoms with E-state index in [-0.39, 0.29) is 12.2 Å². The number of ether oxygens (including phenoxy) is 2. The SMILES string of the molecule is CC(C)(C)OC(=O)N1CCC(Oc2cc(N3C4CCC3CN(c3cc(Cl)nnc3N)C4)ccn2)CC1. The minimum absolute atomic E-state index is 0.0203. The standard InChI is InChI=1S/C25H34ClN7O3/c1-25(2,3)36-24(34)31-10-7-19(8-11-31)35-22-12-16(6-9-28-22)33-17-4-5-18(33)15-32(14-17)20-13-21(26)29-30-23(20)27/h6,9,12-13,17-19H,4-5,7-8,10-11,14-15H2,1-3H3,(H2,27,30). The third kappa shape index (κ3) is 5.38. The van der Waals surface area contributed by atoms with E-state index in [1.54, 1.807) is 11.0 Å². The van der Waals surface area contributed by atoms with Crippen molar-refractivity contribution >= 4 is 34.9 Å². The van der Waals surface area contributed by atoms with Gasteiger partial charge in [0.05, 0.1) is 5.69 Å². The zero-order valence-electron chi connectivity index (χ0n) is 21.1. The maximum atomic E-state index is 12.3. The van der Waals surface area contributed by atoms with E-state index < -0.39 is 5.60 Å². The number of halogens is 1. The number of rotatable bonds is 4. The van der Waals surface area contributed by atoms with E-state index in [2.05, 4.69) is 31.0 Å². The average molecular weight is 516 g/mol. The number of carbonyl (C=O) groups is 1. The third-order valence-corrected chi connectivity index (χ3v) is 7.18. The van der Waals surface area contributed by atoms with Gasteiger partial charge in [0.25, 0.3) is 0 Å². The summed E-state index contributed by atoms with van der Waals surface area (Å²) in [6.07, 6.45) is 5.29. The van der Waals surface area contributed by atoms with Crippen LogP contribution < -0.4 is 20.3 Å². The minimum atomic E-state index is -0.492. The van der Waals surface area contributed by atoms with Crippen molar-refractivity contribution in [3.63, 3.8) is 0 Å². The van der Waals surface area contributed by atoms with Gasteiger partial charge in [-0.1, -0.05) is 11.6 Å². The maximum absolute atomic E-state index is 12.3. The summed E-state index contributed by atoms with van der Waals surface area (Å²) >= 11 is 6.08. The first-order valence-corrected chi connectivity index (χ1v) is 13.0. The number of hydrogen-bond acceptors (Lipinski definition) is 9. The molecular formula is C25H34ClN7O3. The molecule has 0 aliphatic carbocycles. The van der Waals surface area contributed by atoms with E-state index in [4.69, 9.17) is 26.8 Å². The van der Waals surface area contributed by atoms with E-state index in [0.717, 1.165) is 50.1 Å². The van der Waals surface area contributed by atoms with Crippen LogP contribution in [0.3, 0.4) is 0 Å². The highest BCUT2D eigenvalue weighted by Crippen LogP contribution is 2.38. The second kappa shape index (κ2) is 9.80. The van der Waals surface area contributed by atoms with Gasteiger partial charge >= 0.3 is 6.09 Å². The fraction of sp³-hybridized carbons (Fsp3) is 0.600. The first kappa shape index (κ1) is 24.7. The number of piperidine rings is 1. The van der Waals surface area contributed by atoms with Crippen molar-refractivity contribution in [3.05, 3.63) is 29.5 Å². The maximum Gasteiger partial charge on any atom is 0.410 e. The lowest BCUT2D eigenvalue weighted by Gasteiger charge is -2.43. The smallest absolute Gasteiger partial charge is 0.410 e. The molecule has 10 nitrogen and oxygen atoms in total. The number of anilines is 3.